The second-order valence-electron chi connectivity index (χ2n) is 4.86. The van der Waals surface area contributed by atoms with Crippen LogP contribution in [0.1, 0.15) is 20.8 Å². The lowest BCUT2D eigenvalue weighted by atomic mass is 9.96. The number of H-pyrrole nitrogens is 2. The molecule has 0 radical (unpaired) electrons. The average molecular weight is 234 g/mol. The second-order valence-corrected chi connectivity index (χ2v) is 4.86. The molecule has 0 aliphatic rings. The van der Waals surface area contributed by atoms with Crippen LogP contribution in [0.25, 0.3) is 11.0 Å². The third-order valence-electron chi connectivity index (χ3n) is 2.33. The van der Waals surface area contributed by atoms with Gasteiger partial charge in [0.1, 0.15) is 5.52 Å². The largest absolute Gasteiger partial charge is 0.355 e. The number of carbonyl (C=O) groups is 1. The zero-order valence-electron chi connectivity index (χ0n) is 9.92. The molecule has 0 aliphatic heterocycles. The van der Waals surface area contributed by atoms with E-state index in [-0.39, 0.29) is 17.4 Å². The number of nitrogens with one attached hydrogen (secondary N) is 3. The Morgan fingerprint density at radius 2 is 2.12 bits per heavy atom. The molecule has 17 heavy (non-hydrogen) atoms. The number of rotatable bonds is 1. The summed E-state index contributed by atoms with van der Waals surface area (Å²) >= 11 is 0. The lowest BCUT2D eigenvalue weighted by Gasteiger charge is -2.16. The molecule has 90 valence electrons. The minimum atomic E-state index is -0.536. The maximum atomic E-state index is 11.7. The molecule has 1 amide bonds. The van der Waals surface area contributed by atoms with Crippen molar-refractivity contribution in [3.63, 3.8) is 0 Å². The average Bonchev–Trinajstić information content (AvgIpc) is 2.64. The van der Waals surface area contributed by atoms with Gasteiger partial charge in [0, 0.05) is 11.6 Å². The van der Waals surface area contributed by atoms with Crippen LogP contribution in [0, 0.1) is 5.41 Å². The number of carbonyl (C=O) groups excluding carboxylic acids is 1. The van der Waals surface area contributed by atoms with E-state index in [0.717, 1.165) is 0 Å². The van der Waals surface area contributed by atoms with E-state index < -0.39 is 5.41 Å². The van der Waals surface area contributed by atoms with Crippen LogP contribution in [0.3, 0.4) is 0 Å². The first-order valence-electron chi connectivity index (χ1n) is 5.27. The van der Waals surface area contributed by atoms with Crippen LogP contribution in [-0.2, 0) is 4.79 Å². The molecular formula is C11H14N4O2. The summed E-state index contributed by atoms with van der Waals surface area (Å²) in [5.41, 5.74) is 0.0898. The first kappa shape index (κ1) is 11.4. The van der Waals surface area contributed by atoms with Crippen molar-refractivity contribution in [2.45, 2.75) is 20.8 Å². The quantitative estimate of drug-likeness (QED) is 0.693. The normalized spacial score (nSPS) is 11.7. The van der Waals surface area contributed by atoms with Crippen LogP contribution in [0.5, 0.6) is 0 Å². The third-order valence-corrected chi connectivity index (χ3v) is 2.33. The molecule has 6 nitrogen and oxygen atoms in total. The summed E-state index contributed by atoms with van der Waals surface area (Å²) in [6, 6.07) is 1.68. The second kappa shape index (κ2) is 3.73. The van der Waals surface area contributed by atoms with E-state index in [2.05, 4.69) is 20.3 Å². The number of aromatic amines is 2. The van der Waals surface area contributed by atoms with Gasteiger partial charge in [0.25, 0.3) is 5.56 Å². The van der Waals surface area contributed by atoms with Gasteiger partial charge in [0.15, 0.2) is 0 Å². The molecule has 0 aliphatic carbocycles. The molecule has 0 saturated heterocycles. The minimum Gasteiger partial charge on any atom is -0.355 e. The topological polar surface area (TPSA) is 90.6 Å². The Morgan fingerprint density at radius 1 is 1.41 bits per heavy atom. The van der Waals surface area contributed by atoms with Gasteiger partial charge >= 0.3 is 0 Å². The fraction of sp³-hybridized carbons (Fsp3) is 0.364. The number of amides is 1. The molecule has 3 N–H and O–H groups in total. The summed E-state index contributed by atoms with van der Waals surface area (Å²) in [5, 5.41) is 2.59. The van der Waals surface area contributed by atoms with Crippen molar-refractivity contribution in [1.82, 2.24) is 15.0 Å². The number of aromatic nitrogens is 3. The highest BCUT2D eigenvalue weighted by Gasteiger charge is 2.22. The smallest absolute Gasteiger partial charge is 0.276 e. The predicted octanol–water partition coefficient (Wildman–Crippen LogP) is 1.24. The summed E-state index contributed by atoms with van der Waals surface area (Å²) in [6.07, 6.45) is 1.63. The Morgan fingerprint density at radius 3 is 2.76 bits per heavy atom. The number of nitrogens with zero attached hydrogens (tertiary/aromatic N) is 1. The van der Waals surface area contributed by atoms with E-state index in [9.17, 15) is 9.59 Å². The highest BCUT2D eigenvalue weighted by Crippen LogP contribution is 2.15. The van der Waals surface area contributed by atoms with Crippen LogP contribution >= 0.6 is 0 Å². The van der Waals surface area contributed by atoms with Crippen molar-refractivity contribution in [1.29, 1.82) is 0 Å². The number of anilines is 1. The molecular weight excluding hydrogens is 220 g/mol. The number of hydrogen-bond acceptors (Lipinski definition) is 3. The van der Waals surface area contributed by atoms with Gasteiger partial charge < -0.3 is 4.98 Å². The molecule has 0 unspecified atom stereocenters. The van der Waals surface area contributed by atoms with Crippen molar-refractivity contribution >= 4 is 22.9 Å². The number of hydrogen-bond donors (Lipinski definition) is 3. The maximum absolute atomic E-state index is 11.7. The van der Waals surface area contributed by atoms with Crippen LogP contribution < -0.4 is 10.9 Å². The van der Waals surface area contributed by atoms with Gasteiger partial charge in [-0.2, -0.15) is 0 Å². The maximum Gasteiger partial charge on any atom is 0.276 e. The molecule has 0 aromatic carbocycles. The van der Waals surface area contributed by atoms with Crippen LogP contribution in [-0.4, -0.2) is 20.9 Å². The molecule has 2 rings (SSSR count). The van der Waals surface area contributed by atoms with Crippen molar-refractivity contribution in [2.24, 2.45) is 5.41 Å². The summed E-state index contributed by atoms with van der Waals surface area (Å²) in [7, 11) is 0. The molecule has 6 heteroatoms. The van der Waals surface area contributed by atoms with Gasteiger partial charge in [-0.05, 0) is 6.07 Å². The first-order valence-corrected chi connectivity index (χ1v) is 5.27. The van der Waals surface area contributed by atoms with Crippen molar-refractivity contribution in [3.8, 4) is 0 Å². The SMILES string of the molecule is CC(C)(C)C(=O)Nc1nc2cc[nH]c2c(=O)[nH]1. The summed E-state index contributed by atoms with van der Waals surface area (Å²) in [4.78, 5) is 32.8. The minimum absolute atomic E-state index is 0.169. The molecule has 0 atom stereocenters. The molecule has 0 saturated carbocycles. The Hall–Kier alpha value is -2.11. The van der Waals surface area contributed by atoms with E-state index >= 15 is 0 Å². The molecule has 0 fully saturated rings. The van der Waals surface area contributed by atoms with Gasteiger partial charge in [-0.25, -0.2) is 4.98 Å². The Bertz CT molecular complexity index is 618. The fourth-order valence-electron chi connectivity index (χ4n) is 1.31. The van der Waals surface area contributed by atoms with Crippen LogP contribution in [0.2, 0.25) is 0 Å². The molecule has 2 aromatic heterocycles. The third kappa shape index (κ3) is 2.20. The highest BCUT2D eigenvalue weighted by molar-refractivity contribution is 5.93. The van der Waals surface area contributed by atoms with E-state index in [1.54, 1.807) is 33.0 Å². The standard InChI is InChI=1S/C11H14N4O2/c1-11(2,3)9(17)15-10-13-6-4-5-12-7(6)8(16)14-10/h4-5,12H,1-3H3,(H2,13,14,15,16,17). The fourth-order valence-corrected chi connectivity index (χ4v) is 1.31. The lowest BCUT2D eigenvalue weighted by molar-refractivity contribution is -0.123. The van der Waals surface area contributed by atoms with Gasteiger partial charge in [-0.1, -0.05) is 20.8 Å². The Kier molecular flexibility index (Phi) is 2.49. The van der Waals surface area contributed by atoms with Crippen LogP contribution in [0.15, 0.2) is 17.1 Å². The predicted molar refractivity (Wildman–Crippen MR) is 64.8 cm³/mol. The van der Waals surface area contributed by atoms with Gasteiger partial charge in [0.05, 0.1) is 5.52 Å². The zero-order valence-corrected chi connectivity index (χ0v) is 9.92. The molecule has 2 heterocycles. The van der Waals surface area contributed by atoms with E-state index in [1.165, 1.54) is 0 Å². The Labute approximate surface area is 97.5 Å². The van der Waals surface area contributed by atoms with E-state index in [0.29, 0.717) is 11.0 Å². The van der Waals surface area contributed by atoms with Crippen molar-refractivity contribution in [3.05, 3.63) is 22.6 Å². The van der Waals surface area contributed by atoms with Gasteiger partial charge in [-0.15, -0.1) is 0 Å². The zero-order chi connectivity index (χ0) is 12.6. The summed E-state index contributed by atoms with van der Waals surface area (Å²) < 4.78 is 0. The highest BCUT2D eigenvalue weighted by atomic mass is 16.2. The van der Waals surface area contributed by atoms with Crippen molar-refractivity contribution in [2.75, 3.05) is 5.32 Å². The summed E-state index contributed by atoms with van der Waals surface area (Å²) in [6.45, 7) is 5.36. The lowest BCUT2D eigenvalue weighted by Crippen LogP contribution is -2.29. The Balaban J connectivity index is 2.37. The van der Waals surface area contributed by atoms with E-state index in [1.807, 2.05) is 0 Å². The van der Waals surface area contributed by atoms with Gasteiger partial charge in [-0.3, -0.25) is 19.9 Å². The first-order chi connectivity index (χ1) is 7.88. The van der Waals surface area contributed by atoms with Crippen molar-refractivity contribution < 1.29 is 4.79 Å². The summed E-state index contributed by atoms with van der Waals surface area (Å²) in [5.74, 6) is -0.0300. The van der Waals surface area contributed by atoms with Gasteiger partial charge in [0.2, 0.25) is 11.9 Å². The molecule has 0 bridgehead atoms. The monoisotopic (exact) mass is 234 g/mol. The number of fused-ring (bicyclic) bond motifs is 1. The van der Waals surface area contributed by atoms with Crippen LogP contribution in [0.4, 0.5) is 5.95 Å². The molecule has 2 aromatic rings. The van der Waals surface area contributed by atoms with E-state index in [4.69, 9.17) is 0 Å². The molecule has 0 spiro atoms.